The van der Waals surface area contributed by atoms with Crippen LogP contribution >= 0.6 is 0 Å². The van der Waals surface area contributed by atoms with Crippen LogP contribution in [0.25, 0.3) is 0 Å². The van der Waals surface area contributed by atoms with E-state index in [1.165, 1.54) is 6.42 Å². The van der Waals surface area contributed by atoms with Crippen LogP contribution in [-0.4, -0.2) is 43.2 Å². The van der Waals surface area contributed by atoms with Crippen molar-refractivity contribution in [3.8, 4) is 0 Å². The summed E-state index contributed by atoms with van der Waals surface area (Å²) in [7, 11) is -3.04. The van der Waals surface area contributed by atoms with Gasteiger partial charge in [0.1, 0.15) is 0 Å². The Bertz CT molecular complexity index is 327. The average Bonchev–Trinajstić information content (AvgIpc) is 2.38. The molecule has 0 radical (unpaired) electrons. The van der Waals surface area contributed by atoms with E-state index in [2.05, 4.69) is 26.1 Å². The Morgan fingerprint density at radius 3 is 2.35 bits per heavy atom. The van der Waals surface area contributed by atoms with Crippen molar-refractivity contribution < 1.29 is 13.5 Å². The molecule has 1 rings (SSSR count). The molecular formula is C12H25NO3S. The Kier molecular flexibility index (Phi) is 5.41. The van der Waals surface area contributed by atoms with Crippen molar-refractivity contribution in [2.75, 3.05) is 11.5 Å². The summed E-state index contributed by atoms with van der Waals surface area (Å²) < 4.78 is 22.7. The average molecular weight is 263 g/mol. The Balaban J connectivity index is 2.29. The molecule has 1 heterocycles. The molecule has 2 N–H and O–H groups in total. The summed E-state index contributed by atoms with van der Waals surface area (Å²) in [6.45, 7) is 6.45. The van der Waals surface area contributed by atoms with Crippen LogP contribution in [0.5, 0.6) is 0 Å². The summed E-state index contributed by atoms with van der Waals surface area (Å²) in [5.41, 5.74) is 0. The first-order chi connectivity index (χ1) is 7.80. The van der Waals surface area contributed by atoms with Gasteiger partial charge < -0.3 is 10.4 Å². The largest absolute Gasteiger partial charge is 0.390 e. The molecule has 0 bridgehead atoms. The fraction of sp³-hybridized carbons (Fsp3) is 1.00. The summed E-state index contributed by atoms with van der Waals surface area (Å²) in [6.07, 6.45) is 2.62. The minimum absolute atomic E-state index is 0.0721. The first-order valence-corrected chi connectivity index (χ1v) is 8.27. The van der Waals surface area contributed by atoms with Gasteiger partial charge in [-0.1, -0.05) is 26.7 Å². The lowest BCUT2D eigenvalue weighted by Gasteiger charge is -2.21. The van der Waals surface area contributed by atoms with Gasteiger partial charge >= 0.3 is 0 Å². The van der Waals surface area contributed by atoms with E-state index in [4.69, 9.17) is 0 Å². The summed E-state index contributed by atoms with van der Waals surface area (Å²) in [5.74, 6) is 0.686. The summed E-state index contributed by atoms with van der Waals surface area (Å²) >= 11 is 0. The van der Waals surface area contributed by atoms with E-state index in [-0.39, 0.29) is 23.6 Å². The highest BCUT2D eigenvalue weighted by molar-refractivity contribution is 7.91. The van der Waals surface area contributed by atoms with Crippen LogP contribution in [-0.2, 0) is 9.84 Å². The van der Waals surface area contributed by atoms with Crippen molar-refractivity contribution in [2.45, 2.75) is 58.2 Å². The van der Waals surface area contributed by atoms with Gasteiger partial charge in [0.25, 0.3) is 0 Å². The number of aliphatic hydroxyl groups excluding tert-OH is 1. The van der Waals surface area contributed by atoms with E-state index < -0.39 is 15.9 Å². The van der Waals surface area contributed by atoms with Gasteiger partial charge in [-0.15, -0.1) is 0 Å². The molecule has 0 spiro atoms. The minimum atomic E-state index is -3.04. The van der Waals surface area contributed by atoms with Crippen LogP contribution in [0.15, 0.2) is 0 Å². The predicted octanol–water partition coefficient (Wildman–Crippen LogP) is 0.949. The number of sulfone groups is 1. The molecule has 1 fully saturated rings. The fourth-order valence-electron chi connectivity index (χ4n) is 2.27. The van der Waals surface area contributed by atoms with Crippen LogP contribution in [0.2, 0.25) is 0 Å². The lowest BCUT2D eigenvalue weighted by molar-refractivity contribution is 0.159. The van der Waals surface area contributed by atoms with Crippen molar-refractivity contribution in [2.24, 2.45) is 5.92 Å². The highest BCUT2D eigenvalue weighted by atomic mass is 32.2. The highest BCUT2D eigenvalue weighted by Gasteiger charge is 2.36. The molecule has 0 aromatic carbocycles. The molecule has 3 atom stereocenters. The second kappa shape index (κ2) is 6.16. The Labute approximate surface area is 105 Å². The Morgan fingerprint density at radius 1 is 1.24 bits per heavy atom. The molecule has 102 valence electrons. The van der Waals surface area contributed by atoms with E-state index in [1.54, 1.807) is 0 Å². The molecule has 0 aromatic rings. The molecule has 17 heavy (non-hydrogen) atoms. The maximum absolute atomic E-state index is 11.3. The summed E-state index contributed by atoms with van der Waals surface area (Å²) in [5, 5.41) is 12.9. The van der Waals surface area contributed by atoms with Crippen LogP contribution in [0, 0.1) is 5.92 Å². The number of nitrogens with one attached hydrogen (secondary N) is 1. The SMILES string of the molecule is CC(C)CCCC(C)NC1CS(=O)(=O)CC1O. The fourth-order valence-corrected chi connectivity index (χ4v) is 4.02. The van der Waals surface area contributed by atoms with Crippen LogP contribution in [0.4, 0.5) is 0 Å². The van der Waals surface area contributed by atoms with E-state index >= 15 is 0 Å². The lowest BCUT2D eigenvalue weighted by Crippen LogP contribution is -2.43. The standard InChI is InChI=1S/C12H25NO3S/c1-9(2)5-4-6-10(3)13-11-7-17(15,16)8-12(11)14/h9-14H,4-8H2,1-3H3. The van der Waals surface area contributed by atoms with Gasteiger partial charge in [-0.05, 0) is 19.3 Å². The van der Waals surface area contributed by atoms with E-state index in [0.717, 1.165) is 12.8 Å². The molecule has 5 heteroatoms. The minimum Gasteiger partial charge on any atom is -0.390 e. The van der Waals surface area contributed by atoms with Crippen molar-refractivity contribution in [1.29, 1.82) is 0 Å². The van der Waals surface area contributed by atoms with Gasteiger partial charge in [0.2, 0.25) is 0 Å². The third kappa shape index (κ3) is 5.36. The zero-order valence-electron chi connectivity index (χ0n) is 11.0. The molecule has 0 amide bonds. The number of aliphatic hydroxyl groups is 1. The van der Waals surface area contributed by atoms with Gasteiger partial charge in [0.05, 0.1) is 17.6 Å². The Morgan fingerprint density at radius 2 is 1.88 bits per heavy atom. The summed E-state index contributed by atoms with van der Waals surface area (Å²) in [4.78, 5) is 0. The lowest BCUT2D eigenvalue weighted by atomic mass is 10.0. The smallest absolute Gasteiger partial charge is 0.154 e. The van der Waals surface area contributed by atoms with Gasteiger partial charge in [-0.2, -0.15) is 0 Å². The number of rotatable bonds is 6. The van der Waals surface area contributed by atoms with Crippen molar-refractivity contribution in [1.82, 2.24) is 5.32 Å². The molecular weight excluding hydrogens is 238 g/mol. The predicted molar refractivity (Wildman–Crippen MR) is 69.7 cm³/mol. The second-order valence-electron chi connectivity index (χ2n) is 5.64. The molecule has 0 aliphatic carbocycles. The zero-order chi connectivity index (χ0) is 13.1. The molecule has 1 saturated heterocycles. The molecule has 1 aliphatic rings. The molecule has 0 saturated carbocycles. The topological polar surface area (TPSA) is 66.4 Å². The molecule has 1 aliphatic heterocycles. The van der Waals surface area contributed by atoms with Crippen LogP contribution in [0.1, 0.15) is 40.0 Å². The first kappa shape index (κ1) is 14.9. The van der Waals surface area contributed by atoms with Crippen molar-refractivity contribution in [3.05, 3.63) is 0 Å². The quantitative estimate of drug-likeness (QED) is 0.749. The normalized spacial score (nSPS) is 29.7. The van der Waals surface area contributed by atoms with E-state index in [9.17, 15) is 13.5 Å². The van der Waals surface area contributed by atoms with Gasteiger partial charge in [0, 0.05) is 12.1 Å². The van der Waals surface area contributed by atoms with Crippen LogP contribution < -0.4 is 5.32 Å². The third-order valence-corrected chi connectivity index (χ3v) is 4.96. The molecule has 0 aromatic heterocycles. The maximum atomic E-state index is 11.3. The summed E-state index contributed by atoms with van der Waals surface area (Å²) in [6, 6.07) is -0.0178. The number of hydrogen-bond acceptors (Lipinski definition) is 4. The van der Waals surface area contributed by atoms with Crippen LogP contribution in [0.3, 0.4) is 0 Å². The maximum Gasteiger partial charge on any atom is 0.154 e. The molecule has 3 unspecified atom stereocenters. The van der Waals surface area contributed by atoms with E-state index in [0.29, 0.717) is 5.92 Å². The monoisotopic (exact) mass is 263 g/mol. The third-order valence-electron chi connectivity index (χ3n) is 3.24. The Hall–Kier alpha value is -0.130. The van der Waals surface area contributed by atoms with Crippen molar-refractivity contribution >= 4 is 9.84 Å². The van der Waals surface area contributed by atoms with Gasteiger partial charge in [-0.25, -0.2) is 8.42 Å². The van der Waals surface area contributed by atoms with Gasteiger partial charge in [-0.3, -0.25) is 0 Å². The van der Waals surface area contributed by atoms with Gasteiger partial charge in [0.15, 0.2) is 9.84 Å². The molecule has 4 nitrogen and oxygen atoms in total. The highest BCUT2D eigenvalue weighted by Crippen LogP contribution is 2.15. The first-order valence-electron chi connectivity index (χ1n) is 6.44. The second-order valence-corrected chi connectivity index (χ2v) is 7.80. The van der Waals surface area contributed by atoms with Crippen molar-refractivity contribution in [3.63, 3.8) is 0 Å². The zero-order valence-corrected chi connectivity index (χ0v) is 11.8. The number of hydrogen-bond donors (Lipinski definition) is 2. The van der Waals surface area contributed by atoms with E-state index in [1.807, 2.05) is 0 Å².